The smallest absolute Gasteiger partial charge is 0.125 e. The number of benzene rings is 1. The van der Waals surface area contributed by atoms with E-state index in [1.807, 2.05) is 23.9 Å². The van der Waals surface area contributed by atoms with Gasteiger partial charge in [-0.2, -0.15) is 0 Å². The lowest BCUT2D eigenvalue weighted by Crippen LogP contribution is -1.92. The van der Waals surface area contributed by atoms with Crippen molar-refractivity contribution in [2.45, 2.75) is 19.8 Å². The molecule has 0 unspecified atom stereocenters. The number of aromatic nitrogens is 1. The van der Waals surface area contributed by atoms with Gasteiger partial charge in [0, 0.05) is 18.6 Å². The van der Waals surface area contributed by atoms with Crippen molar-refractivity contribution in [3.05, 3.63) is 35.8 Å². The zero-order chi connectivity index (χ0) is 10.3. The maximum absolute atomic E-state index is 13.3. The van der Waals surface area contributed by atoms with Gasteiger partial charge in [-0.1, -0.05) is 13.8 Å². The first-order chi connectivity index (χ1) is 6.59. The van der Waals surface area contributed by atoms with Gasteiger partial charge >= 0.3 is 0 Å². The van der Waals surface area contributed by atoms with Crippen molar-refractivity contribution in [3.63, 3.8) is 0 Å². The molecule has 0 aliphatic carbocycles. The summed E-state index contributed by atoms with van der Waals surface area (Å²) < 4.78 is 15.3. The molecule has 1 aromatic carbocycles. The van der Waals surface area contributed by atoms with E-state index in [-0.39, 0.29) is 5.82 Å². The first-order valence-corrected chi connectivity index (χ1v) is 4.84. The first-order valence-electron chi connectivity index (χ1n) is 4.84. The average Bonchev–Trinajstić information content (AvgIpc) is 2.47. The summed E-state index contributed by atoms with van der Waals surface area (Å²) in [6.45, 7) is 4.17. The minimum atomic E-state index is -0.150. The fraction of sp³-hybridized carbons (Fsp3) is 0.333. The van der Waals surface area contributed by atoms with Crippen molar-refractivity contribution in [1.29, 1.82) is 0 Å². The predicted octanol–water partition coefficient (Wildman–Crippen LogP) is 3.44. The summed E-state index contributed by atoms with van der Waals surface area (Å²) in [5.74, 6) is 0.207. The van der Waals surface area contributed by atoms with Gasteiger partial charge in [-0.05, 0) is 29.7 Å². The lowest BCUT2D eigenvalue weighted by molar-refractivity contribution is 0.625. The van der Waals surface area contributed by atoms with Crippen molar-refractivity contribution in [3.8, 4) is 0 Å². The van der Waals surface area contributed by atoms with Gasteiger partial charge in [0.1, 0.15) is 5.82 Å². The van der Waals surface area contributed by atoms with E-state index in [2.05, 4.69) is 13.8 Å². The Hall–Kier alpha value is -1.31. The fourth-order valence-electron chi connectivity index (χ4n) is 1.84. The number of halogens is 1. The summed E-state index contributed by atoms with van der Waals surface area (Å²) in [5.41, 5.74) is 2.05. The third kappa shape index (κ3) is 1.31. The highest BCUT2D eigenvalue weighted by atomic mass is 19.1. The second-order valence-electron chi connectivity index (χ2n) is 4.01. The SMILES string of the molecule is CC(C)c1cc(F)cc2c1ccn2C. The molecule has 1 heterocycles. The molecule has 1 nitrogen and oxygen atoms in total. The van der Waals surface area contributed by atoms with Gasteiger partial charge in [0.2, 0.25) is 0 Å². The van der Waals surface area contributed by atoms with Crippen molar-refractivity contribution < 1.29 is 4.39 Å². The van der Waals surface area contributed by atoms with Crippen LogP contribution in [0.2, 0.25) is 0 Å². The normalized spacial score (nSPS) is 11.5. The highest BCUT2D eigenvalue weighted by Gasteiger charge is 2.09. The Labute approximate surface area is 83.2 Å². The molecule has 2 heteroatoms. The van der Waals surface area contributed by atoms with Gasteiger partial charge in [0.25, 0.3) is 0 Å². The van der Waals surface area contributed by atoms with Gasteiger partial charge in [-0.3, -0.25) is 0 Å². The number of nitrogens with zero attached hydrogens (tertiary/aromatic N) is 1. The van der Waals surface area contributed by atoms with Crippen LogP contribution in [0.25, 0.3) is 10.9 Å². The summed E-state index contributed by atoms with van der Waals surface area (Å²) in [6.07, 6.45) is 1.97. The van der Waals surface area contributed by atoms with Gasteiger partial charge in [0.15, 0.2) is 0 Å². The molecule has 2 aromatic rings. The van der Waals surface area contributed by atoms with Crippen molar-refractivity contribution in [2.75, 3.05) is 0 Å². The molecule has 14 heavy (non-hydrogen) atoms. The van der Waals surface area contributed by atoms with E-state index in [1.54, 1.807) is 12.1 Å². The highest BCUT2D eigenvalue weighted by molar-refractivity contribution is 5.84. The number of hydrogen-bond donors (Lipinski definition) is 0. The van der Waals surface area contributed by atoms with Crippen LogP contribution in [-0.4, -0.2) is 4.57 Å². The Balaban J connectivity index is 2.82. The molecular weight excluding hydrogens is 177 g/mol. The third-order valence-corrected chi connectivity index (χ3v) is 2.62. The molecule has 0 saturated carbocycles. The Kier molecular flexibility index (Phi) is 2.06. The summed E-state index contributed by atoms with van der Waals surface area (Å²) >= 11 is 0. The van der Waals surface area contributed by atoms with Crippen LogP contribution >= 0.6 is 0 Å². The van der Waals surface area contributed by atoms with E-state index in [9.17, 15) is 4.39 Å². The van der Waals surface area contributed by atoms with E-state index >= 15 is 0 Å². The topological polar surface area (TPSA) is 4.93 Å². The largest absolute Gasteiger partial charge is 0.350 e. The zero-order valence-corrected chi connectivity index (χ0v) is 8.71. The molecule has 0 amide bonds. The van der Waals surface area contributed by atoms with Crippen LogP contribution in [0.3, 0.4) is 0 Å². The zero-order valence-electron chi connectivity index (χ0n) is 8.71. The monoisotopic (exact) mass is 191 g/mol. The molecule has 2 rings (SSSR count). The van der Waals surface area contributed by atoms with Crippen LogP contribution in [-0.2, 0) is 7.05 Å². The third-order valence-electron chi connectivity index (χ3n) is 2.62. The molecular formula is C12H14FN. The van der Waals surface area contributed by atoms with E-state index in [0.717, 1.165) is 16.5 Å². The molecule has 0 fully saturated rings. The summed E-state index contributed by atoms with van der Waals surface area (Å²) in [4.78, 5) is 0. The van der Waals surface area contributed by atoms with E-state index in [4.69, 9.17) is 0 Å². The van der Waals surface area contributed by atoms with Crippen LogP contribution < -0.4 is 0 Å². The van der Waals surface area contributed by atoms with Gasteiger partial charge < -0.3 is 4.57 Å². The highest BCUT2D eigenvalue weighted by Crippen LogP contribution is 2.27. The Morgan fingerprint density at radius 2 is 2.00 bits per heavy atom. The first kappa shape index (κ1) is 9.25. The summed E-state index contributed by atoms with van der Waals surface area (Å²) in [7, 11) is 1.94. The minimum absolute atomic E-state index is 0.150. The standard InChI is InChI=1S/C12H14FN/c1-8(2)11-6-9(13)7-12-10(11)4-5-14(12)3/h4-8H,1-3H3. The van der Waals surface area contributed by atoms with Gasteiger partial charge in [-0.15, -0.1) is 0 Å². The van der Waals surface area contributed by atoms with E-state index in [1.165, 1.54) is 0 Å². The lowest BCUT2D eigenvalue weighted by Gasteiger charge is -2.08. The Bertz CT molecular complexity index is 468. The second kappa shape index (κ2) is 3.12. The van der Waals surface area contributed by atoms with Crippen LogP contribution in [0.1, 0.15) is 25.3 Å². The molecule has 0 atom stereocenters. The maximum atomic E-state index is 13.3. The summed E-state index contributed by atoms with van der Waals surface area (Å²) in [5, 5.41) is 1.16. The minimum Gasteiger partial charge on any atom is -0.350 e. The maximum Gasteiger partial charge on any atom is 0.125 e. The van der Waals surface area contributed by atoms with Crippen LogP contribution in [0, 0.1) is 5.82 Å². The lowest BCUT2D eigenvalue weighted by atomic mass is 9.99. The molecule has 74 valence electrons. The van der Waals surface area contributed by atoms with Crippen LogP contribution in [0.5, 0.6) is 0 Å². The molecule has 0 N–H and O–H groups in total. The molecule has 0 spiro atoms. The molecule has 0 bridgehead atoms. The number of rotatable bonds is 1. The molecule has 0 radical (unpaired) electrons. The van der Waals surface area contributed by atoms with Gasteiger partial charge in [-0.25, -0.2) is 4.39 Å². The Morgan fingerprint density at radius 1 is 1.29 bits per heavy atom. The molecule has 1 aromatic heterocycles. The number of hydrogen-bond acceptors (Lipinski definition) is 0. The molecule has 0 saturated heterocycles. The van der Waals surface area contributed by atoms with Gasteiger partial charge in [0.05, 0.1) is 5.52 Å². The second-order valence-corrected chi connectivity index (χ2v) is 4.01. The average molecular weight is 191 g/mol. The van der Waals surface area contributed by atoms with E-state index < -0.39 is 0 Å². The van der Waals surface area contributed by atoms with Crippen LogP contribution in [0.15, 0.2) is 24.4 Å². The number of fused-ring (bicyclic) bond motifs is 1. The molecule has 0 aliphatic rings. The molecule has 0 aliphatic heterocycles. The van der Waals surface area contributed by atoms with Crippen molar-refractivity contribution in [1.82, 2.24) is 4.57 Å². The van der Waals surface area contributed by atoms with E-state index in [0.29, 0.717) is 5.92 Å². The predicted molar refractivity (Wildman–Crippen MR) is 57.0 cm³/mol. The Morgan fingerprint density at radius 3 is 2.64 bits per heavy atom. The fourth-order valence-corrected chi connectivity index (χ4v) is 1.84. The van der Waals surface area contributed by atoms with Crippen LogP contribution in [0.4, 0.5) is 4.39 Å². The quantitative estimate of drug-likeness (QED) is 0.650. The van der Waals surface area contributed by atoms with Crippen molar-refractivity contribution in [2.24, 2.45) is 7.05 Å². The number of aryl methyl sites for hydroxylation is 1. The summed E-state index contributed by atoms with van der Waals surface area (Å²) in [6, 6.07) is 5.26. The van der Waals surface area contributed by atoms with Crippen molar-refractivity contribution >= 4 is 10.9 Å².